The first-order valence-electron chi connectivity index (χ1n) is 6.51. The Kier molecular flexibility index (Phi) is 4.85. The third-order valence-corrected chi connectivity index (χ3v) is 3.91. The maximum Gasteiger partial charge on any atom is 0.255 e. The molecule has 4 nitrogen and oxygen atoms in total. The van der Waals surface area contributed by atoms with Crippen LogP contribution in [0.4, 0.5) is 5.69 Å². The van der Waals surface area contributed by atoms with Gasteiger partial charge >= 0.3 is 0 Å². The van der Waals surface area contributed by atoms with Gasteiger partial charge in [0.05, 0.1) is 18.7 Å². The van der Waals surface area contributed by atoms with E-state index in [4.69, 9.17) is 10.5 Å². The van der Waals surface area contributed by atoms with Crippen LogP contribution < -0.4 is 15.8 Å². The van der Waals surface area contributed by atoms with Gasteiger partial charge in [0.1, 0.15) is 5.75 Å². The molecule has 0 heterocycles. The van der Waals surface area contributed by atoms with E-state index in [1.807, 2.05) is 31.2 Å². The molecule has 0 saturated heterocycles. The molecule has 0 spiro atoms. The molecule has 21 heavy (non-hydrogen) atoms. The average Bonchev–Trinajstić information content (AvgIpc) is 2.47. The minimum atomic E-state index is -0.199. The fraction of sp³-hybridized carbons (Fsp3) is 0.188. The summed E-state index contributed by atoms with van der Waals surface area (Å²) in [6.07, 6.45) is 0. The minimum Gasteiger partial charge on any atom is -0.496 e. The van der Waals surface area contributed by atoms with Gasteiger partial charge in [0.25, 0.3) is 5.91 Å². The van der Waals surface area contributed by atoms with Gasteiger partial charge in [0, 0.05) is 16.2 Å². The van der Waals surface area contributed by atoms with Crippen molar-refractivity contribution in [2.24, 2.45) is 0 Å². The summed E-state index contributed by atoms with van der Waals surface area (Å²) in [5.41, 5.74) is 7.73. The molecule has 0 unspecified atom stereocenters. The van der Waals surface area contributed by atoms with Crippen LogP contribution in [0.1, 0.15) is 28.9 Å². The standard InChI is InChI=1S/C16H17BrN2O2/c1-10(12-5-3-4-6-14(12)17)19-16(20)13-8-7-11(18)9-15(13)21-2/h3-10H,18H2,1-2H3,(H,19,20)/t10-/m1/s1. The molecule has 2 aromatic carbocycles. The number of halogens is 1. The number of anilines is 1. The third kappa shape index (κ3) is 3.55. The van der Waals surface area contributed by atoms with Crippen LogP contribution in [-0.2, 0) is 0 Å². The van der Waals surface area contributed by atoms with Crippen molar-refractivity contribution in [3.8, 4) is 5.75 Å². The molecule has 1 amide bonds. The van der Waals surface area contributed by atoms with Crippen LogP contribution in [0.5, 0.6) is 5.75 Å². The zero-order chi connectivity index (χ0) is 15.4. The van der Waals surface area contributed by atoms with Gasteiger partial charge in [-0.1, -0.05) is 34.1 Å². The maximum atomic E-state index is 12.4. The lowest BCUT2D eigenvalue weighted by atomic mass is 10.1. The third-order valence-electron chi connectivity index (χ3n) is 3.19. The summed E-state index contributed by atoms with van der Waals surface area (Å²) in [5, 5.41) is 2.96. The van der Waals surface area contributed by atoms with E-state index in [-0.39, 0.29) is 11.9 Å². The number of nitrogens with one attached hydrogen (secondary N) is 1. The lowest BCUT2D eigenvalue weighted by Gasteiger charge is -2.17. The summed E-state index contributed by atoms with van der Waals surface area (Å²) < 4.78 is 6.17. The second-order valence-corrected chi connectivity index (χ2v) is 5.53. The molecular formula is C16H17BrN2O2. The summed E-state index contributed by atoms with van der Waals surface area (Å²) in [6, 6.07) is 12.6. The summed E-state index contributed by atoms with van der Waals surface area (Å²) in [6.45, 7) is 1.93. The number of rotatable bonds is 4. The lowest BCUT2D eigenvalue weighted by molar-refractivity contribution is 0.0937. The highest BCUT2D eigenvalue weighted by Gasteiger charge is 2.16. The fourth-order valence-electron chi connectivity index (χ4n) is 2.07. The van der Waals surface area contributed by atoms with Gasteiger partial charge in [0.15, 0.2) is 0 Å². The molecule has 0 aliphatic heterocycles. The quantitative estimate of drug-likeness (QED) is 0.830. The molecule has 1 atom stereocenters. The minimum absolute atomic E-state index is 0.129. The van der Waals surface area contributed by atoms with Crippen molar-refractivity contribution in [2.45, 2.75) is 13.0 Å². The van der Waals surface area contributed by atoms with Crippen LogP contribution >= 0.6 is 15.9 Å². The van der Waals surface area contributed by atoms with Crippen molar-refractivity contribution in [1.29, 1.82) is 0 Å². The highest BCUT2D eigenvalue weighted by Crippen LogP contribution is 2.25. The summed E-state index contributed by atoms with van der Waals surface area (Å²) in [7, 11) is 1.52. The van der Waals surface area contributed by atoms with Crippen LogP contribution in [0.2, 0.25) is 0 Å². The highest BCUT2D eigenvalue weighted by molar-refractivity contribution is 9.10. The van der Waals surface area contributed by atoms with Gasteiger partial charge in [-0.3, -0.25) is 4.79 Å². The molecule has 0 saturated carbocycles. The Morgan fingerprint density at radius 3 is 2.67 bits per heavy atom. The Bertz CT molecular complexity index is 658. The average molecular weight is 349 g/mol. The van der Waals surface area contributed by atoms with E-state index in [0.29, 0.717) is 17.0 Å². The number of nitrogens with two attached hydrogens (primary N) is 1. The van der Waals surface area contributed by atoms with Gasteiger partial charge in [-0.2, -0.15) is 0 Å². The smallest absolute Gasteiger partial charge is 0.255 e. The van der Waals surface area contributed by atoms with Crippen LogP contribution in [0.25, 0.3) is 0 Å². The molecule has 2 rings (SSSR count). The van der Waals surface area contributed by atoms with Crippen LogP contribution in [0.15, 0.2) is 46.9 Å². The molecular weight excluding hydrogens is 332 g/mol. The predicted octanol–water partition coefficient (Wildman–Crippen LogP) is 3.53. The topological polar surface area (TPSA) is 64.3 Å². The maximum absolute atomic E-state index is 12.4. The second-order valence-electron chi connectivity index (χ2n) is 4.68. The molecule has 110 valence electrons. The van der Waals surface area contributed by atoms with Crippen molar-refractivity contribution < 1.29 is 9.53 Å². The SMILES string of the molecule is COc1cc(N)ccc1C(=O)N[C@H](C)c1ccccc1Br. The number of benzene rings is 2. The summed E-state index contributed by atoms with van der Waals surface area (Å²) >= 11 is 3.49. The van der Waals surface area contributed by atoms with E-state index in [0.717, 1.165) is 10.0 Å². The Morgan fingerprint density at radius 1 is 1.29 bits per heavy atom. The number of hydrogen-bond acceptors (Lipinski definition) is 3. The largest absolute Gasteiger partial charge is 0.496 e. The summed E-state index contributed by atoms with van der Waals surface area (Å²) in [4.78, 5) is 12.4. The zero-order valence-corrected chi connectivity index (χ0v) is 13.5. The van der Waals surface area contributed by atoms with Crippen LogP contribution in [0, 0.1) is 0 Å². The van der Waals surface area contributed by atoms with Crippen molar-refractivity contribution in [2.75, 3.05) is 12.8 Å². The molecule has 3 N–H and O–H groups in total. The first-order chi connectivity index (χ1) is 10.0. The number of carbonyl (C=O) groups excluding carboxylic acids is 1. The van der Waals surface area contributed by atoms with Crippen molar-refractivity contribution in [1.82, 2.24) is 5.32 Å². The van der Waals surface area contributed by atoms with Gasteiger partial charge < -0.3 is 15.8 Å². The molecule has 0 aromatic heterocycles. The van der Waals surface area contributed by atoms with Crippen LogP contribution in [-0.4, -0.2) is 13.0 Å². The van der Waals surface area contributed by atoms with E-state index < -0.39 is 0 Å². The number of methoxy groups -OCH3 is 1. The van der Waals surface area contributed by atoms with E-state index in [1.54, 1.807) is 18.2 Å². The molecule has 5 heteroatoms. The zero-order valence-electron chi connectivity index (χ0n) is 11.9. The summed E-state index contributed by atoms with van der Waals surface area (Å²) in [5.74, 6) is 0.266. The molecule has 0 fully saturated rings. The van der Waals surface area contributed by atoms with Gasteiger partial charge in [0.2, 0.25) is 0 Å². The number of nitrogen functional groups attached to an aromatic ring is 1. The molecule has 0 aliphatic carbocycles. The van der Waals surface area contributed by atoms with Crippen molar-refractivity contribution >= 4 is 27.5 Å². The molecule has 0 aliphatic rings. The number of ether oxygens (including phenoxy) is 1. The van der Waals surface area contributed by atoms with E-state index in [2.05, 4.69) is 21.2 Å². The van der Waals surface area contributed by atoms with E-state index >= 15 is 0 Å². The number of hydrogen-bond donors (Lipinski definition) is 2. The fourth-order valence-corrected chi connectivity index (χ4v) is 2.70. The normalized spacial score (nSPS) is 11.8. The second kappa shape index (κ2) is 6.63. The Hall–Kier alpha value is -2.01. The van der Waals surface area contributed by atoms with E-state index in [1.165, 1.54) is 7.11 Å². The highest BCUT2D eigenvalue weighted by atomic mass is 79.9. The van der Waals surface area contributed by atoms with Gasteiger partial charge in [-0.05, 0) is 30.7 Å². The van der Waals surface area contributed by atoms with Gasteiger partial charge in [-0.25, -0.2) is 0 Å². The molecule has 0 radical (unpaired) electrons. The molecule has 2 aromatic rings. The number of carbonyl (C=O) groups is 1. The number of amides is 1. The Labute approximate surface area is 132 Å². The first kappa shape index (κ1) is 15.4. The first-order valence-corrected chi connectivity index (χ1v) is 7.31. The van der Waals surface area contributed by atoms with Crippen LogP contribution in [0.3, 0.4) is 0 Å². The molecule has 0 bridgehead atoms. The Morgan fingerprint density at radius 2 is 2.00 bits per heavy atom. The van der Waals surface area contributed by atoms with Gasteiger partial charge in [-0.15, -0.1) is 0 Å². The van der Waals surface area contributed by atoms with E-state index in [9.17, 15) is 4.79 Å². The van der Waals surface area contributed by atoms with Crippen molar-refractivity contribution in [3.63, 3.8) is 0 Å². The predicted molar refractivity (Wildman–Crippen MR) is 87.4 cm³/mol. The van der Waals surface area contributed by atoms with Crippen molar-refractivity contribution in [3.05, 3.63) is 58.1 Å². The Balaban J connectivity index is 2.20. The lowest BCUT2D eigenvalue weighted by Crippen LogP contribution is -2.27. The monoisotopic (exact) mass is 348 g/mol.